The molecule has 138 valence electrons. The summed E-state index contributed by atoms with van der Waals surface area (Å²) in [5.74, 6) is 1.06. The molecule has 0 bridgehead atoms. The first-order chi connectivity index (χ1) is 11.8. The van der Waals surface area contributed by atoms with Gasteiger partial charge < -0.3 is 15.4 Å². The van der Waals surface area contributed by atoms with E-state index >= 15 is 0 Å². The molecule has 4 unspecified atom stereocenters. The van der Waals surface area contributed by atoms with E-state index in [-0.39, 0.29) is 17.4 Å². The van der Waals surface area contributed by atoms with E-state index in [1.54, 1.807) is 0 Å². The van der Waals surface area contributed by atoms with Crippen LogP contribution < -0.4 is 5.73 Å². The Morgan fingerprint density at radius 2 is 2.00 bits per heavy atom. The van der Waals surface area contributed by atoms with Crippen molar-refractivity contribution in [2.45, 2.75) is 58.1 Å². The first-order valence-electron chi connectivity index (χ1n) is 9.56. The highest BCUT2D eigenvalue weighted by Gasteiger charge is 2.63. The molecule has 1 aliphatic heterocycles. The summed E-state index contributed by atoms with van der Waals surface area (Å²) in [5, 5.41) is 0. The molecule has 4 nitrogen and oxygen atoms in total. The molecule has 1 amide bonds. The third-order valence-corrected chi connectivity index (χ3v) is 6.63. The number of carbonyl (C=O) groups is 1. The van der Waals surface area contributed by atoms with Crippen molar-refractivity contribution >= 4 is 5.91 Å². The summed E-state index contributed by atoms with van der Waals surface area (Å²) in [6.07, 6.45) is 1.70. The molecule has 25 heavy (non-hydrogen) atoms. The van der Waals surface area contributed by atoms with Crippen LogP contribution in [0.25, 0.3) is 0 Å². The number of amides is 1. The fourth-order valence-corrected chi connectivity index (χ4v) is 4.61. The van der Waals surface area contributed by atoms with E-state index in [1.807, 2.05) is 11.8 Å². The monoisotopic (exact) mass is 344 g/mol. The molecule has 1 aromatic carbocycles. The number of rotatable bonds is 4. The number of nitrogens with two attached hydrogens (primary N) is 1. The lowest BCUT2D eigenvalue weighted by Crippen LogP contribution is -2.76. The Morgan fingerprint density at radius 1 is 1.32 bits per heavy atom. The highest BCUT2D eigenvalue weighted by Crippen LogP contribution is 2.51. The summed E-state index contributed by atoms with van der Waals surface area (Å²) in [4.78, 5) is 15.2. The lowest BCUT2D eigenvalue weighted by molar-refractivity contribution is -0.180. The Hall–Kier alpha value is -1.39. The molecule has 1 aliphatic carbocycles. The zero-order valence-corrected chi connectivity index (χ0v) is 16.0. The lowest BCUT2D eigenvalue weighted by atomic mass is 9.54. The van der Waals surface area contributed by atoms with Crippen molar-refractivity contribution in [1.29, 1.82) is 0 Å². The number of hydrogen-bond donors (Lipinski definition) is 1. The van der Waals surface area contributed by atoms with Crippen LogP contribution in [0.5, 0.6) is 0 Å². The number of likely N-dealkylation sites (tertiary alicyclic amines) is 1. The Bertz CT molecular complexity index is 616. The highest BCUT2D eigenvalue weighted by atomic mass is 16.5. The summed E-state index contributed by atoms with van der Waals surface area (Å²) < 4.78 is 5.77. The van der Waals surface area contributed by atoms with Gasteiger partial charge in [0.05, 0.1) is 6.10 Å². The van der Waals surface area contributed by atoms with Gasteiger partial charge in [0.1, 0.15) is 5.54 Å². The van der Waals surface area contributed by atoms with Gasteiger partial charge in [0, 0.05) is 31.5 Å². The van der Waals surface area contributed by atoms with Crippen LogP contribution in [-0.2, 0) is 9.53 Å². The van der Waals surface area contributed by atoms with Crippen LogP contribution in [0.1, 0.15) is 52.0 Å². The highest BCUT2D eigenvalue weighted by molar-refractivity contribution is 5.89. The normalized spacial score (nSPS) is 34.4. The molecular formula is C21H32N2O2. The molecule has 0 radical (unpaired) electrons. The Labute approximate surface area is 151 Å². The van der Waals surface area contributed by atoms with E-state index in [2.05, 4.69) is 51.1 Å². The summed E-state index contributed by atoms with van der Waals surface area (Å²) in [6.45, 7) is 10.6. The van der Waals surface area contributed by atoms with Crippen molar-refractivity contribution in [3.05, 3.63) is 35.9 Å². The van der Waals surface area contributed by atoms with Gasteiger partial charge >= 0.3 is 0 Å². The van der Waals surface area contributed by atoms with Gasteiger partial charge in [-0.05, 0) is 30.7 Å². The second-order valence-electron chi connectivity index (χ2n) is 8.38. The van der Waals surface area contributed by atoms with E-state index in [1.165, 1.54) is 5.56 Å². The van der Waals surface area contributed by atoms with Gasteiger partial charge in [-0.25, -0.2) is 0 Å². The summed E-state index contributed by atoms with van der Waals surface area (Å²) in [5.41, 5.74) is 6.86. The molecule has 4 atom stereocenters. The third kappa shape index (κ3) is 3.00. The minimum absolute atomic E-state index is 0.0748. The van der Waals surface area contributed by atoms with Crippen molar-refractivity contribution < 1.29 is 9.53 Å². The lowest BCUT2D eigenvalue weighted by Gasteiger charge is -2.59. The van der Waals surface area contributed by atoms with Crippen molar-refractivity contribution in [2.24, 2.45) is 17.1 Å². The van der Waals surface area contributed by atoms with Gasteiger partial charge in [-0.15, -0.1) is 0 Å². The molecule has 2 fully saturated rings. The topological polar surface area (TPSA) is 55.6 Å². The SMILES string of the molecule is CCOC1CC(N)(C(=O)N2CCC(c3ccccc3)C(C)C2)C1(C)C. The van der Waals surface area contributed by atoms with Crippen LogP contribution in [0.2, 0.25) is 0 Å². The molecule has 1 aromatic rings. The van der Waals surface area contributed by atoms with E-state index in [9.17, 15) is 4.79 Å². The Kier molecular flexibility index (Phi) is 4.95. The van der Waals surface area contributed by atoms with Gasteiger partial charge in [-0.3, -0.25) is 4.79 Å². The number of piperidine rings is 1. The zero-order valence-electron chi connectivity index (χ0n) is 16.0. The Balaban J connectivity index is 1.67. The van der Waals surface area contributed by atoms with E-state index in [0.29, 0.717) is 24.9 Å². The quantitative estimate of drug-likeness (QED) is 0.913. The molecule has 4 heteroatoms. The molecule has 1 heterocycles. The second kappa shape index (κ2) is 6.73. The number of hydrogen-bond acceptors (Lipinski definition) is 3. The first-order valence-corrected chi connectivity index (χ1v) is 9.56. The summed E-state index contributed by atoms with van der Waals surface area (Å²) >= 11 is 0. The first kappa shape index (κ1) is 18.4. The average Bonchev–Trinajstić information content (AvgIpc) is 2.61. The van der Waals surface area contributed by atoms with Gasteiger partial charge in [-0.2, -0.15) is 0 Å². The maximum Gasteiger partial charge on any atom is 0.243 e. The maximum absolute atomic E-state index is 13.2. The third-order valence-electron chi connectivity index (χ3n) is 6.63. The Morgan fingerprint density at radius 3 is 2.56 bits per heavy atom. The molecular weight excluding hydrogens is 312 g/mol. The predicted octanol–water partition coefficient (Wildman–Crippen LogP) is 3.17. The minimum Gasteiger partial charge on any atom is -0.378 e. The molecule has 0 aromatic heterocycles. The van der Waals surface area contributed by atoms with Crippen molar-refractivity contribution in [2.75, 3.05) is 19.7 Å². The van der Waals surface area contributed by atoms with Crippen molar-refractivity contribution in [1.82, 2.24) is 4.90 Å². The fourth-order valence-electron chi connectivity index (χ4n) is 4.61. The average molecular weight is 344 g/mol. The van der Waals surface area contributed by atoms with Crippen LogP contribution in [0, 0.1) is 11.3 Å². The smallest absolute Gasteiger partial charge is 0.243 e. The predicted molar refractivity (Wildman–Crippen MR) is 100 cm³/mol. The van der Waals surface area contributed by atoms with Gasteiger partial charge in [0.25, 0.3) is 0 Å². The van der Waals surface area contributed by atoms with E-state index in [4.69, 9.17) is 10.5 Å². The number of benzene rings is 1. The van der Waals surface area contributed by atoms with Crippen molar-refractivity contribution in [3.63, 3.8) is 0 Å². The van der Waals surface area contributed by atoms with Crippen LogP contribution in [0.3, 0.4) is 0 Å². The fraction of sp³-hybridized carbons (Fsp3) is 0.667. The van der Waals surface area contributed by atoms with Gasteiger partial charge in [0.2, 0.25) is 5.91 Å². The number of nitrogens with zero attached hydrogens (tertiary/aromatic N) is 1. The maximum atomic E-state index is 13.2. The van der Waals surface area contributed by atoms with Crippen LogP contribution >= 0.6 is 0 Å². The number of ether oxygens (including phenoxy) is 1. The molecule has 0 spiro atoms. The molecule has 2 aliphatic rings. The van der Waals surface area contributed by atoms with Crippen LogP contribution in [-0.4, -0.2) is 42.1 Å². The van der Waals surface area contributed by atoms with E-state index < -0.39 is 5.54 Å². The minimum atomic E-state index is -0.799. The molecule has 1 saturated carbocycles. The largest absolute Gasteiger partial charge is 0.378 e. The molecule has 2 N–H and O–H groups in total. The molecule has 3 rings (SSSR count). The van der Waals surface area contributed by atoms with Gasteiger partial charge in [-0.1, -0.05) is 51.1 Å². The zero-order chi connectivity index (χ0) is 18.2. The second-order valence-corrected chi connectivity index (χ2v) is 8.38. The van der Waals surface area contributed by atoms with Gasteiger partial charge in [0.15, 0.2) is 0 Å². The molecule has 1 saturated heterocycles. The summed E-state index contributed by atoms with van der Waals surface area (Å²) in [6, 6.07) is 10.6. The standard InChI is InChI=1S/C21H32N2O2/c1-5-25-18-13-21(22,20(18,3)4)19(24)23-12-11-17(15(2)14-23)16-9-7-6-8-10-16/h6-10,15,17-18H,5,11-14,22H2,1-4H3. The van der Waals surface area contributed by atoms with Crippen molar-refractivity contribution in [3.8, 4) is 0 Å². The van der Waals surface area contributed by atoms with Crippen LogP contribution in [0.4, 0.5) is 0 Å². The number of carbonyl (C=O) groups excluding carboxylic acids is 1. The summed E-state index contributed by atoms with van der Waals surface area (Å²) in [7, 11) is 0. The van der Waals surface area contributed by atoms with Crippen LogP contribution in [0.15, 0.2) is 30.3 Å². The van der Waals surface area contributed by atoms with E-state index in [0.717, 1.165) is 19.5 Å².